The first-order valence-corrected chi connectivity index (χ1v) is 10.4. The average molecular weight is 492 g/mol. The number of nitrogen functional groups attached to an aromatic ring is 1. The predicted molar refractivity (Wildman–Crippen MR) is 131 cm³/mol. The van der Waals surface area contributed by atoms with E-state index in [1.165, 1.54) is 0 Å². The number of nitrogens with one attached hydrogen (secondary N) is 2. The lowest BCUT2D eigenvalue weighted by atomic mass is 10.1. The average Bonchev–Trinajstić information content (AvgIpc) is 2.87. The lowest BCUT2D eigenvalue weighted by Crippen LogP contribution is -2.23. The number of amides is 2. The number of para-hydroxylation sites is 2. The van der Waals surface area contributed by atoms with E-state index in [0.717, 1.165) is 11.1 Å². The van der Waals surface area contributed by atoms with Gasteiger partial charge in [0.15, 0.2) is 0 Å². The molecule has 186 valence electrons. The molecule has 0 saturated heterocycles. The van der Waals surface area contributed by atoms with E-state index in [-0.39, 0.29) is 12.5 Å². The summed E-state index contributed by atoms with van der Waals surface area (Å²) in [6, 6.07) is 17.6. The number of ether oxygens (including phenoxy) is 1. The van der Waals surface area contributed by atoms with Crippen LogP contribution in [0.1, 0.15) is 21.5 Å². The quantitative estimate of drug-likeness (QED) is 0.233. The number of nitrogens with zero attached hydrogens (tertiary/aromatic N) is 1. The van der Waals surface area contributed by atoms with Crippen LogP contribution in [0, 0.1) is 0 Å². The van der Waals surface area contributed by atoms with Gasteiger partial charge in [0.2, 0.25) is 0 Å². The van der Waals surface area contributed by atoms with Crippen LogP contribution in [0.5, 0.6) is 0 Å². The van der Waals surface area contributed by atoms with Gasteiger partial charge >= 0.3 is 18.0 Å². The Bertz CT molecular complexity index is 1200. The third kappa shape index (κ3) is 10.2. The van der Waals surface area contributed by atoms with Crippen LogP contribution in [0.3, 0.4) is 0 Å². The molecule has 0 unspecified atom stereocenters. The number of hydrogen-bond acceptors (Lipinski definition) is 7. The molecule has 0 aliphatic rings. The summed E-state index contributed by atoms with van der Waals surface area (Å²) >= 11 is 0. The van der Waals surface area contributed by atoms with Crippen LogP contribution in [0.15, 0.2) is 85.2 Å². The second-order valence-corrected chi connectivity index (χ2v) is 7.04. The normalized spacial score (nSPS) is 10.0. The Balaban J connectivity index is 0.000000493. The topological polar surface area (TPSA) is 181 Å². The van der Waals surface area contributed by atoms with Crippen molar-refractivity contribution in [1.82, 2.24) is 10.3 Å². The van der Waals surface area contributed by atoms with Gasteiger partial charge in [0.1, 0.15) is 6.61 Å². The molecule has 1 aromatic heterocycles. The van der Waals surface area contributed by atoms with E-state index >= 15 is 0 Å². The summed E-state index contributed by atoms with van der Waals surface area (Å²) in [5.41, 5.74) is 9.04. The zero-order chi connectivity index (χ0) is 26.3. The number of rotatable bonds is 8. The van der Waals surface area contributed by atoms with E-state index in [0.29, 0.717) is 35.6 Å². The molecule has 3 aromatic rings. The lowest BCUT2D eigenvalue weighted by Gasteiger charge is -2.09. The van der Waals surface area contributed by atoms with Gasteiger partial charge in [0, 0.05) is 42.2 Å². The largest absolute Gasteiger partial charge is 0.478 e. The number of aromatic nitrogens is 1. The van der Waals surface area contributed by atoms with E-state index in [1.54, 1.807) is 67.0 Å². The number of alkyl carbamates (subject to hydrolysis) is 1. The summed E-state index contributed by atoms with van der Waals surface area (Å²) in [4.78, 5) is 47.1. The molecule has 11 nitrogen and oxygen atoms in total. The zero-order valence-electron chi connectivity index (χ0n) is 19.0. The molecule has 36 heavy (non-hydrogen) atoms. The highest BCUT2D eigenvalue weighted by molar-refractivity contribution is 6.05. The first kappa shape index (κ1) is 27.1. The number of pyridine rings is 1. The lowest BCUT2D eigenvalue weighted by molar-refractivity contribution is -0.134. The maximum absolute atomic E-state index is 12.3. The molecule has 0 fully saturated rings. The summed E-state index contributed by atoms with van der Waals surface area (Å²) in [5.74, 6) is -2.77. The van der Waals surface area contributed by atoms with Crippen molar-refractivity contribution in [3.05, 3.63) is 102 Å². The van der Waals surface area contributed by atoms with E-state index in [2.05, 4.69) is 15.6 Å². The Morgan fingerprint density at radius 1 is 0.889 bits per heavy atom. The van der Waals surface area contributed by atoms with Crippen molar-refractivity contribution in [2.75, 3.05) is 11.1 Å². The molecular formula is C25H24N4O7. The highest BCUT2D eigenvalue weighted by atomic mass is 16.5. The minimum atomic E-state index is -1.26. The predicted octanol–water partition coefficient (Wildman–Crippen LogP) is 3.05. The molecule has 2 amide bonds. The maximum Gasteiger partial charge on any atom is 0.407 e. The van der Waals surface area contributed by atoms with Gasteiger partial charge in [-0.3, -0.25) is 9.78 Å². The van der Waals surface area contributed by atoms with E-state index < -0.39 is 18.0 Å². The molecule has 2 aromatic carbocycles. The summed E-state index contributed by atoms with van der Waals surface area (Å²) in [7, 11) is 0. The number of carbonyl (C=O) groups is 4. The van der Waals surface area contributed by atoms with Crippen LogP contribution in [-0.4, -0.2) is 39.1 Å². The van der Waals surface area contributed by atoms with Gasteiger partial charge in [-0.1, -0.05) is 30.3 Å². The number of carbonyl (C=O) groups excluding carboxylic acids is 2. The number of aliphatic carboxylic acids is 2. The standard InChI is InChI=1S/C21H20N4O3.C4H4O4/c22-18-5-1-2-6-19(18)25-20(26)17-9-7-15(8-10-17)13-24-21(27)28-14-16-4-3-11-23-12-16;5-3(6)1-2-4(7)8/h1-12H,13-14,22H2,(H,24,27)(H,25,26);1-2H,(H,5,6)(H,7,8)/b;2-1-. The fourth-order valence-electron chi connectivity index (χ4n) is 2.58. The number of carboxylic acid groups (broad SMARTS) is 2. The Hall–Kier alpha value is -5.19. The molecule has 0 bridgehead atoms. The first-order valence-electron chi connectivity index (χ1n) is 10.4. The molecule has 0 atom stereocenters. The van der Waals surface area contributed by atoms with Crippen LogP contribution < -0.4 is 16.4 Å². The van der Waals surface area contributed by atoms with Gasteiger partial charge in [-0.2, -0.15) is 0 Å². The van der Waals surface area contributed by atoms with Crippen LogP contribution in [0.2, 0.25) is 0 Å². The minimum absolute atomic E-state index is 0.154. The Labute approximate surface area is 206 Å². The van der Waals surface area contributed by atoms with Crippen molar-refractivity contribution >= 4 is 35.3 Å². The second kappa shape index (κ2) is 14.2. The summed E-state index contributed by atoms with van der Waals surface area (Å²) in [5, 5.41) is 21.1. The van der Waals surface area contributed by atoms with Crippen molar-refractivity contribution in [2.45, 2.75) is 13.2 Å². The summed E-state index contributed by atoms with van der Waals surface area (Å²) < 4.78 is 5.12. The van der Waals surface area contributed by atoms with Gasteiger partial charge in [-0.05, 0) is 35.9 Å². The molecular weight excluding hydrogens is 468 g/mol. The van der Waals surface area contributed by atoms with Crippen molar-refractivity contribution < 1.29 is 34.1 Å². The Morgan fingerprint density at radius 2 is 1.56 bits per heavy atom. The molecule has 0 aliphatic heterocycles. The molecule has 0 spiro atoms. The van der Waals surface area contributed by atoms with Gasteiger partial charge in [-0.15, -0.1) is 0 Å². The highest BCUT2D eigenvalue weighted by Crippen LogP contribution is 2.18. The fourth-order valence-corrected chi connectivity index (χ4v) is 2.58. The number of benzene rings is 2. The van der Waals surface area contributed by atoms with Crippen LogP contribution in [0.25, 0.3) is 0 Å². The summed E-state index contributed by atoms with van der Waals surface area (Å²) in [6.07, 6.45) is 3.89. The Kier molecular flexibility index (Phi) is 10.6. The molecule has 3 rings (SSSR count). The number of carboxylic acids is 2. The fraction of sp³-hybridized carbons (Fsp3) is 0.0800. The second-order valence-electron chi connectivity index (χ2n) is 7.04. The molecule has 6 N–H and O–H groups in total. The maximum atomic E-state index is 12.3. The van der Waals surface area contributed by atoms with Crippen LogP contribution in [0.4, 0.5) is 16.2 Å². The zero-order valence-corrected chi connectivity index (χ0v) is 19.0. The first-order chi connectivity index (χ1) is 17.2. The van der Waals surface area contributed by atoms with Gasteiger partial charge < -0.3 is 31.3 Å². The van der Waals surface area contributed by atoms with Gasteiger partial charge in [0.25, 0.3) is 5.91 Å². The van der Waals surface area contributed by atoms with E-state index in [4.69, 9.17) is 20.7 Å². The molecule has 11 heteroatoms. The number of nitrogens with two attached hydrogens (primary N) is 1. The minimum Gasteiger partial charge on any atom is -0.478 e. The van der Waals surface area contributed by atoms with Crippen molar-refractivity contribution in [2.24, 2.45) is 0 Å². The highest BCUT2D eigenvalue weighted by Gasteiger charge is 2.08. The monoisotopic (exact) mass is 492 g/mol. The Morgan fingerprint density at radius 3 is 2.14 bits per heavy atom. The van der Waals surface area contributed by atoms with Crippen molar-refractivity contribution in [1.29, 1.82) is 0 Å². The molecule has 0 aliphatic carbocycles. The van der Waals surface area contributed by atoms with Crippen molar-refractivity contribution in [3.8, 4) is 0 Å². The van der Waals surface area contributed by atoms with E-state index in [9.17, 15) is 19.2 Å². The number of anilines is 2. The SMILES string of the molecule is Nc1ccccc1NC(=O)c1ccc(CNC(=O)OCc2cccnc2)cc1.O=C(O)/C=C\C(=O)O. The summed E-state index contributed by atoms with van der Waals surface area (Å²) in [6.45, 7) is 0.445. The third-order valence-electron chi connectivity index (χ3n) is 4.32. The smallest absolute Gasteiger partial charge is 0.407 e. The molecule has 0 radical (unpaired) electrons. The molecule has 1 heterocycles. The van der Waals surface area contributed by atoms with Crippen LogP contribution in [-0.2, 0) is 27.5 Å². The van der Waals surface area contributed by atoms with Crippen molar-refractivity contribution in [3.63, 3.8) is 0 Å². The van der Waals surface area contributed by atoms with Gasteiger partial charge in [-0.25, -0.2) is 14.4 Å². The third-order valence-corrected chi connectivity index (χ3v) is 4.32. The van der Waals surface area contributed by atoms with Crippen LogP contribution >= 0.6 is 0 Å². The van der Waals surface area contributed by atoms with E-state index in [1.807, 2.05) is 6.07 Å². The van der Waals surface area contributed by atoms with Gasteiger partial charge in [0.05, 0.1) is 11.4 Å². The molecule has 0 saturated carbocycles. The number of hydrogen-bond donors (Lipinski definition) is 5.